The van der Waals surface area contributed by atoms with Crippen LogP contribution in [0.25, 0.3) is 10.8 Å². The summed E-state index contributed by atoms with van der Waals surface area (Å²) in [5.41, 5.74) is 11.5. The number of piperidine rings is 1. The van der Waals surface area contributed by atoms with E-state index in [0.717, 1.165) is 22.6 Å². The van der Waals surface area contributed by atoms with E-state index in [0.29, 0.717) is 12.8 Å². The number of Topliss-reactive ketones (excluding diaryl/α,β-unsaturated/α-hetero) is 1. The fraction of sp³-hybridized carbons (Fsp3) is 0.500. The third-order valence-corrected chi connectivity index (χ3v) is 9.39. The van der Waals surface area contributed by atoms with Gasteiger partial charge < -0.3 is 27.0 Å². The first-order chi connectivity index (χ1) is 22.2. The van der Waals surface area contributed by atoms with Gasteiger partial charge in [-0.05, 0) is 54.9 Å². The molecule has 0 radical (unpaired) electrons. The van der Waals surface area contributed by atoms with E-state index in [4.69, 9.17) is 23.1 Å². The number of carbonyl (C=O) groups excluding carboxylic acids is 6. The van der Waals surface area contributed by atoms with E-state index in [1.165, 1.54) is 4.90 Å². The van der Waals surface area contributed by atoms with E-state index in [1.807, 2.05) is 42.5 Å². The molecule has 2 aromatic carbocycles. The minimum absolute atomic E-state index is 0.0269. The lowest BCUT2D eigenvalue weighted by Gasteiger charge is -2.37. The molecule has 0 bridgehead atoms. The molecule has 5 amide bonds. The van der Waals surface area contributed by atoms with Crippen molar-refractivity contribution in [1.82, 2.24) is 15.5 Å². The molecule has 2 aromatic rings. The maximum absolute atomic E-state index is 13.9. The number of likely N-dealkylation sites (tertiary alicyclic amines) is 1. The van der Waals surface area contributed by atoms with E-state index in [2.05, 4.69) is 10.6 Å². The molecule has 15 heteroatoms. The summed E-state index contributed by atoms with van der Waals surface area (Å²) >= 11 is 5.63. The first-order valence-electron chi connectivity index (χ1n) is 15.4. The molecule has 256 valence electrons. The molecule has 0 spiro atoms. The fourth-order valence-electron chi connectivity index (χ4n) is 5.65. The third-order valence-electron chi connectivity index (χ3n) is 8.17. The maximum atomic E-state index is 13.9. The summed E-state index contributed by atoms with van der Waals surface area (Å²) in [6, 6.07) is 9.87. The number of fused-ring (bicyclic) bond motifs is 1. The first kappa shape index (κ1) is 37.4. The molecule has 6 N–H and O–H groups in total. The summed E-state index contributed by atoms with van der Waals surface area (Å²) in [6.45, 7) is 0.170. The van der Waals surface area contributed by atoms with Crippen molar-refractivity contribution in [2.75, 3.05) is 24.4 Å². The summed E-state index contributed by atoms with van der Waals surface area (Å²) in [5, 5.41) is 7.16. The van der Waals surface area contributed by atoms with E-state index in [1.54, 1.807) is 0 Å². The number of ketones is 1. The molecule has 0 aromatic heterocycles. The lowest BCUT2D eigenvalue weighted by atomic mass is 9.90. The Bertz CT molecular complexity index is 1600. The van der Waals surface area contributed by atoms with Crippen LogP contribution in [0.5, 0.6) is 0 Å². The molecule has 1 aliphatic rings. The van der Waals surface area contributed by atoms with Crippen LogP contribution in [0.15, 0.2) is 42.5 Å². The van der Waals surface area contributed by atoms with Crippen molar-refractivity contribution >= 4 is 67.5 Å². The minimum Gasteiger partial charge on any atom is -0.370 e. The molecule has 13 nitrogen and oxygen atoms in total. The van der Waals surface area contributed by atoms with Gasteiger partial charge in [0.05, 0.1) is 11.8 Å². The smallest absolute Gasteiger partial charge is 0.245 e. The number of hydrogen-bond donors (Lipinski definition) is 4. The van der Waals surface area contributed by atoms with Gasteiger partial charge in [0.2, 0.25) is 29.5 Å². The largest absolute Gasteiger partial charge is 0.370 e. The van der Waals surface area contributed by atoms with Crippen molar-refractivity contribution < 1.29 is 37.2 Å². The highest BCUT2D eigenvalue weighted by atomic mass is 35.5. The normalized spacial score (nSPS) is 16.9. The second-order valence-corrected chi connectivity index (χ2v) is 14.5. The zero-order chi connectivity index (χ0) is 34.7. The van der Waals surface area contributed by atoms with Gasteiger partial charge in [-0.2, -0.15) is 0 Å². The topological polar surface area (TPSA) is 216 Å². The van der Waals surface area contributed by atoms with Gasteiger partial charge in [-0.25, -0.2) is 8.42 Å². The van der Waals surface area contributed by atoms with Crippen molar-refractivity contribution in [3.63, 3.8) is 0 Å². The number of rotatable bonds is 17. The SMILES string of the molecule is CS(=O)(=O)CC[C@H](NC(=O)CCl)C(=O)N1CCCC[C@H]1C(=O)N[C@@H](Cc1ccc2ccccc2c1)C(=O)C[C@@H](CCC(N)=O)C(N)=O. The first-order valence-corrected chi connectivity index (χ1v) is 18.0. The standard InChI is InChI=1S/C32H42ClN5O8S/c1-47(45,46)15-13-24(36-29(41)19-33)32(44)38-14-5-4-8-26(38)31(43)37-25(27(39)18-23(30(35)42)11-12-28(34)40)17-20-9-10-21-6-2-3-7-22(21)16-20/h2-3,6-7,9-10,16,23-26H,4-5,8,11-15,17-19H2,1H3,(H2,34,40)(H2,35,42)(H,36,41)(H,37,43)/t23-,24+,25+,26+/m1/s1. The summed E-state index contributed by atoms with van der Waals surface area (Å²) in [7, 11) is -3.48. The number of nitrogens with zero attached hydrogens (tertiary/aromatic N) is 1. The molecule has 47 heavy (non-hydrogen) atoms. The fourth-order valence-corrected chi connectivity index (χ4v) is 6.39. The number of halogens is 1. The molecule has 3 rings (SSSR count). The molecule has 1 saturated heterocycles. The Hall–Kier alpha value is -4.04. The van der Waals surface area contributed by atoms with Crippen LogP contribution in [0.4, 0.5) is 0 Å². The van der Waals surface area contributed by atoms with E-state index < -0.39 is 75.1 Å². The van der Waals surface area contributed by atoms with Crippen molar-refractivity contribution in [3.05, 3.63) is 48.0 Å². The second-order valence-electron chi connectivity index (χ2n) is 11.9. The van der Waals surface area contributed by atoms with Crippen LogP contribution in [0, 0.1) is 5.92 Å². The summed E-state index contributed by atoms with van der Waals surface area (Å²) in [4.78, 5) is 78.2. The lowest BCUT2D eigenvalue weighted by Crippen LogP contribution is -2.59. The van der Waals surface area contributed by atoms with Crippen molar-refractivity contribution in [3.8, 4) is 0 Å². The van der Waals surface area contributed by atoms with Crippen LogP contribution in [-0.2, 0) is 45.0 Å². The van der Waals surface area contributed by atoms with Crippen LogP contribution in [0.3, 0.4) is 0 Å². The van der Waals surface area contributed by atoms with Gasteiger partial charge in [0.1, 0.15) is 27.8 Å². The average molecular weight is 692 g/mol. The summed E-state index contributed by atoms with van der Waals surface area (Å²) in [5.74, 6) is -5.65. The number of amides is 5. The zero-order valence-corrected chi connectivity index (χ0v) is 27.9. The highest BCUT2D eigenvalue weighted by Gasteiger charge is 2.38. The summed E-state index contributed by atoms with van der Waals surface area (Å²) in [6.07, 6.45) is 1.78. The molecule has 4 atom stereocenters. The van der Waals surface area contributed by atoms with Gasteiger partial charge in [-0.1, -0.05) is 42.5 Å². The second kappa shape index (κ2) is 17.2. The Morgan fingerprint density at radius 1 is 0.957 bits per heavy atom. The molecule has 1 fully saturated rings. The predicted octanol–water partition coefficient (Wildman–Crippen LogP) is 0.733. The number of alkyl halides is 1. The van der Waals surface area contributed by atoms with Crippen LogP contribution in [0.2, 0.25) is 0 Å². The quantitative estimate of drug-likeness (QED) is 0.173. The number of nitrogens with two attached hydrogens (primary N) is 2. The number of carbonyl (C=O) groups is 6. The van der Waals surface area contributed by atoms with Gasteiger partial charge in [0.15, 0.2) is 5.78 Å². The van der Waals surface area contributed by atoms with Crippen LogP contribution in [0.1, 0.15) is 50.5 Å². The maximum Gasteiger partial charge on any atom is 0.245 e. The van der Waals surface area contributed by atoms with Gasteiger partial charge in [-0.15, -0.1) is 11.6 Å². The Labute approximate surface area is 279 Å². The highest BCUT2D eigenvalue weighted by molar-refractivity contribution is 7.90. The molecule has 1 heterocycles. The number of sulfone groups is 1. The molecular weight excluding hydrogens is 650 g/mol. The monoisotopic (exact) mass is 691 g/mol. The average Bonchev–Trinajstić information content (AvgIpc) is 3.03. The van der Waals surface area contributed by atoms with Crippen LogP contribution in [-0.4, -0.2) is 91.2 Å². The zero-order valence-electron chi connectivity index (χ0n) is 26.3. The van der Waals surface area contributed by atoms with Gasteiger partial charge in [-0.3, -0.25) is 28.8 Å². The molecule has 0 unspecified atom stereocenters. The minimum atomic E-state index is -3.48. The van der Waals surface area contributed by atoms with E-state index >= 15 is 0 Å². The number of benzene rings is 2. The van der Waals surface area contributed by atoms with Crippen LogP contribution < -0.4 is 22.1 Å². The Morgan fingerprint density at radius 3 is 2.30 bits per heavy atom. The van der Waals surface area contributed by atoms with E-state index in [9.17, 15) is 37.2 Å². The number of primary amides is 2. The molecule has 0 saturated carbocycles. The number of nitrogens with one attached hydrogen (secondary N) is 2. The van der Waals surface area contributed by atoms with Crippen molar-refractivity contribution in [2.24, 2.45) is 17.4 Å². The third kappa shape index (κ3) is 11.6. The highest BCUT2D eigenvalue weighted by Crippen LogP contribution is 2.22. The van der Waals surface area contributed by atoms with Gasteiger partial charge >= 0.3 is 0 Å². The molecular formula is C32H42ClN5O8S. The van der Waals surface area contributed by atoms with Gasteiger partial charge in [0.25, 0.3) is 0 Å². The van der Waals surface area contributed by atoms with Crippen LogP contribution >= 0.6 is 11.6 Å². The Kier molecular flexibility index (Phi) is 13.7. The predicted molar refractivity (Wildman–Crippen MR) is 177 cm³/mol. The van der Waals surface area contributed by atoms with Crippen molar-refractivity contribution in [2.45, 2.75) is 69.5 Å². The van der Waals surface area contributed by atoms with Gasteiger partial charge in [0, 0.05) is 31.6 Å². The summed E-state index contributed by atoms with van der Waals surface area (Å²) < 4.78 is 23.7. The number of hydrogen-bond acceptors (Lipinski definition) is 8. The van der Waals surface area contributed by atoms with E-state index in [-0.39, 0.29) is 50.8 Å². The molecule has 1 aliphatic heterocycles. The Morgan fingerprint density at radius 2 is 1.66 bits per heavy atom. The Balaban J connectivity index is 1.89. The van der Waals surface area contributed by atoms with Crippen molar-refractivity contribution in [1.29, 1.82) is 0 Å². The lowest BCUT2D eigenvalue weighted by molar-refractivity contribution is -0.145. The molecule has 0 aliphatic carbocycles.